The fourth-order valence-corrected chi connectivity index (χ4v) is 3.27. The highest BCUT2D eigenvalue weighted by atomic mass is 32.1. The van der Waals surface area contributed by atoms with Gasteiger partial charge in [-0.25, -0.2) is 0 Å². The van der Waals surface area contributed by atoms with Crippen molar-refractivity contribution < 1.29 is 14.3 Å². The molecule has 0 unspecified atom stereocenters. The van der Waals surface area contributed by atoms with Crippen LogP contribution in [0.25, 0.3) is 0 Å². The van der Waals surface area contributed by atoms with Crippen LogP contribution in [0.5, 0.6) is 11.5 Å². The molecule has 1 aliphatic heterocycles. The number of anilines is 1. The molecule has 0 aliphatic carbocycles. The number of para-hydroxylation sites is 1. The number of nitrogens with one attached hydrogen (secondary N) is 3. The van der Waals surface area contributed by atoms with Crippen molar-refractivity contribution in [3.63, 3.8) is 0 Å². The number of pyridine rings is 1. The molecule has 2 aromatic rings. The number of aromatic nitrogens is 1. The van der Waals surface area contributed by atoms with E-state index >= 15 is 0 Å². The molecule has 3 rings (SSSR count). The minimum absolute atomic E-state index is 0.266. The van der Waals surface area contributed by atoms with Gasteiger partial charge in [0.2, 0.25) is 0 Å². The van der Waals surface area contributed by atoms with Crippen molar-refractivity contribution in [2.75, 3.05) is 19.5 Å². The normalized spacial score (nSPS) is 16.3. The topological polar surface area (TPSA) is 84.5 Å². The van der Waals surface area contributed by atoms with Crippen molar-refractivity contribution in [3.05, 3.63) is 59.6 Å². The first kappa shape index (κ1) is 18.7. The third-order valence-electron chi connectivity index (χ3n) is 4.18. The zero-order valence-electron chi connectivity index (χ0n) is 15.2. The van der Waals surface area contributed by atoms with Crippen molar-refractivity contribution in [1.82, 2.24) is 15.6 Å². The Morgan fingerprint density at radius 2 is 2.04 bits per heavy atom. The second-order valence-corrected chi connectivity index (χ2v) is 6.26. The Bertz CT molecular complexity index is 899. The van der Waals surface area contributed by atoms with Gasteiger partial charge in [-0.1, -0.05) is 12.1 Å². The smallest absolute Gasteiger partial charge is 0.255 e. The third kappa shape index (κ3) is 3.85. The summed E-state index contributed by atoms with van der Waals surface area (Å²) in [6.45, 7) is 1.81. The molecule has 1 atom stereocenters. The summed E-state index contributed by atoms with van der Waals surface area (Å²) in [7, 11) is 3.13. The maximum atomic E-state index is 13.0. The molecule has 1 amide bonds. The number of carbonyl (C=O) groups is 1. The summed E-state index contributed by atoms with van der Waals surface area (Å²) < 4.78 is 10.9. The molecule has 140 valence electrons. The molecular weight excluding hydrogens is 364 g/mol. The van der Waals surface area contributed by atoms with Crippen LogP contribution in [0.4, 0.5) is 5.69 Å². The van der Waals surface area contributed by atoms with E-state index < -0.39 is 6.04 Å². The highest BCUT2D eigenvalue weighted by Crippen LogP contribution is 2.38. The molecule has 1 aromatic heterocycles. The first-order chi connectivity index (χ1) is 13.0. The molecule has 0 saturated carbocycles. The minimum atomic E-state index is -0.500. The van der Waals surface area contributed by atoms with Crippen LogP contribution in [0, 0.1) is 0 Å². The van der Waals surface area contributed by atoms with Crippen LogP contribution in [-0.2, 0) is 4.79 Å². The molecule has 8 heteroatoms. The predicted octanol–water partition coefficient (Wildman–Crippen LogP) is 2.53. The molecule has 3 N–H and O–H groups in total. The molecular formula is C19H20N4O3S. The SMILES string of the molecule is COc1cccc([C@H]2NC(=S)NC(C)=C2C(=O)Nc2cccnc2)c1OC. The Balaban J connectivity index is 2.04. The summed E-state index contributed by atoms with van der Waals surface area (Å²) in [5.41, 5.74) is 2.51. The quantitative estimate of drug-likeness (QED) is 0.683. The second kappa shape index (κ2) is 8.05. The van der Waals surface area contributed by atoms with Crippen molar-refractivity contribution in [2.45, 2.75) is 13.0 Å². The lowest BCUT2D eigenvalue weighted by molar-refractivity contribution is -0.113. The monoisotopic (exact) mass is 384 g/mol. The molecule has 1 aliphatic rings. The Labute approximate surface area is 162 Å². The van der Waals surface area contributed by atoms with E-state index in [2.05, 4.69) is 20.9 Å². The summed E-state index contributed by atoms with van der Waals surface area (Å²) in [6.07, 6.45) is 3.23. The van der Waals surface area contributed by atoms with Crippen LogP contribution in [0.2, 0.25) is 0 Å². The molecule has 0 radical (unpaired) electrons. The molecule has 0 saturated heterocycles. The van der Waals surface area contributed by atoms with E-state index in [1.165, 1.54) is 0 Å². The number of nitrogens with zero attached hydrogens (tertiary/aromatic N) is 1. The van der Waals surface area contributed by atoms with Gasteiger partial charge in [0.05, 0.1) is 37.7 Å². The number of thiocarbonyl (C=S) groups is 1. The molecule has 2 heterocycles. The third-order valence-corrected chi connectivity index (χ3v) is 4.40. The number of rotatable bonds is 5. The number of hydrogen-bond donors (Lipinski definition) is 3. The van der Waals surface area contributed by atoms with Gasteiger partial charge < -0.3 is 25.4 Å². The number of ether oxygens (including phenoxy) is 2. The van der Waals surface area contributed by atoms with Gasteiger partial charge in [-0.3, -0.25) is 9.78 Å². The van der Waals surface area contributed by atoms with Gasteiger partial charge in [0, 0.05) is 17.5 Å². The van der Waals surface area contributed by atoms with E-state index in [0.29, 0.717) is 33.6 Å². The van der Waals surface area contributed by atoms with Crippen LogP contribution in [0.1, 0.15) is 18.5 Å². The molecule has 1 aromatic carbocycles. The van der Waals surface area contributed by atoms with Gasteiger partial charge in [0.25, 0.3) is 5.91 Å². The highest BCUT2D eigenvalue weighted by molar-refractivity contribution is 7.80. The zero-order valence-corrected chi connectivity index (χ0v) is 16.0. The van der Waals surface area contributed by atoms with Gasteiger partial charge in [0.15, 0.2) is 16.6 Å². The fourth-order valence-electron chi connectivity index (χ4n) is 3.00. The Kier molecular flexibility index (Phi) is 5.56. The van der Waals surface area contributed by atoms with Crippen LogP contribution in [-0.4, -0.2) is 30.2 Å². The number of allylic oxidation sites excluding steroid dienone is 1. The summed E-state index contributed by atoms with van der Waals surface area (Å²) in [4.78, 5) is 17.1. The van der Waals surface area contributed by atoms with Gasteiger partial charge >= 0.3 is 0 Å². The average molecular weight is 384 g/mol. The number of methoxy groups -OCH3 is 2. The maximum absolute atomic E-state index is 13.0. The fraction of sp³-hybridized carbons (Fsp3) is 0.211. The van der Waals surface area contributed by atoms with Crippen LogP contribution >= 0.6 is 12.2 Å². The van der Waals surface area contributed by atoms with Gasteiger partial charge in [0.1, 0.15) is 0 Å². The zero-order chi connectivity index (χ0) is 19.4. The number of carbonyl (C=O) groups excluding carboxylic acids is 1. The number of hydrogen-bond acceptors (Lipinski definition) is 5. The molecule has 0 bridgehead atoms. The lowest BCUT2D eigenvalue weighted by Gasteiger charge is -2.31. The van der Waals surface area contributed by atoms with E-state index in [-0.39, 0.29) is 5.91 Å². The Morgan fingerprint density at radius 1 is 1.22 bits per heavy atom. The largest absolute Gasteiger partial charge is 0.493 e. The molecule has 7 nitrogen and oxygen atoms in total. The highest BCUT2D eigenvalue weighted by Gasteiger charge is 2.32. The van der Waals surface area contributed by atoms with Crippen LogP contribution < -0.4 is 25.4 Å². The average Bonchev–Trinajstić information content (AvgIpc) is 2.67. The molecule has 0 fully saturated rings. The lowest BCUT2D eigenvalue weighted by atomic mass is 9.94. The van der Waals surface area contributed by atoms with Gasteiger partial charge in [-0.2, -0.15) is 0 Å². The van der Waals surface area contributed by atoms with Gasteiger partial charge in [-0.05, 0) is 37.3 Å². The Hall–Kier alpha value is -3.13. The van der Waals surface area contributed by atoms with E-state index in [4.69, 9.17) is 21.7 Å². The van der Waals surface area contributed by atoms with Gasteiger partial charge in [-0.15, -0.1) is 0 Å². The predicted molar refractivity (Wildman–Crippen MR) is 107 cm³/mol. The lowest BCUT2D eigenvalue weighted by Crippen LogP contribution is -2.45. The second-order valence-electron chi connectivity index (χ2n) is 5.85. The summed E-state index contributed by atoms with van der Waals surface area (Å²) >= 11 is 5.30. The van der Waals surface area contributed by atoms with E-state index in [1.54, 1.807) is 44.8 Å². The number of amides is 1. The van der Waals surface area contributed by atoms with Crippen molar-refractivity contribution >= 4 is 28.9 Å². The molecule has 27 heavy (non-hydrogen) atoms. The summed E-state index contributed by atoms with van der Waals surface area (Å²) in [5.74, 6) is 0.852. The maximum Gasteiger partial charge on any atom is 0.255 e. The van der Waals surface area contributed by atoms with Crippen molar-refractivity contribution in [1.29, 1.82) is 0 Å². The minimum Gasteiger partial charge on any atom is -0.493 e. The van der Waals surface area contributed by atoms with E-state index in [1.807, 2.05) is 19.1 Å². The van der Waals surface area contributed by atoms with E-state index in [0.717, 1.165) is 5.56 Å². The summed E-state index contributed by atoms with van der Waals surface area (Å²) in [5, 5.41) is 9.47. The van der Waals surface area contributed by atoms with Crippen molar-refractivity contribution in [2.24, 2.45) is 0 Å². The number of benzene rings is 1. The first-order valence-electron chi connectivity index (χ1n) is 8.25. The standard InChI is InChI=1S/C19H20N4O3S/c1-11-15(18(24)22-12-6-5-9-20-10-12)16(23-19(27)21-11)13-7-4-8-14(25-2)17(13)26-3/h4-10,16H,1-3H3,(H,22,24)(H2,21,23,27)/t16-/m1/s1. The Morgan fingerprint density at radius 3 is 2.70 bits per heavy atom. The van der Waals surface area contributed by atoms with Crippen LogP contribution in [0.15, 0.2) is 54.0 Å². The van der Waals surface area contributed by atoms with Crippen molar-refractivity contribution in [3.8, 4) is 11.5 Å². The summed E-state index contributed by atoms with van der Waals surface area (Å²) in [6, 6.07) is 8.54. The first-order valence-corrected chi connectivity index (χ1v) is 8.66. The van der Waals surface area contributed by atoms with Crippen LogP contribution in [0.3, 0.4) is 0 Å². The molecule has 0 spiro atoms. The van der Waals surface area contributed by atoms with E-state index in [9.17, 15) is 4.79 Å².